The van der Waals surface area contributed by atoms with Crippen LogP contribution in [0.3, 0.4) is 0 Å². The molecule has 0 N–H and O–H groups in total. The van der Waals surface area contributed by atoms with Gasteiger partial charge in [0.15, 0.2) is 6.61 Å². The number of benzene rings is 1. The molecule has 192 valence electrons. The Morgan fingerprint density at radius 1 is 0.941 bits per heavy atom. The van der Waals surface area contributed by atoms with Crippen LogP contribution in [0.5, 0.6) is 5.75 Å². The molecule has 0 aliphatic heterocycles. The molecule has 7 heteroatoms. The van der Waals surface area contributed by atoms with E-state index in [1.165, 1.54) is 0 Å². The number of hydrogen-bond acceptors (Lipinski definition) is 7. The summed E-state index contributed by atoms with van der Waals surface area (Å²) in [5.41, 5.74) is 2.49. The van der Waals surface area contributed by atoms with Crippen LogP contribution in [-0.2, 0) is 40.6 Å². The highest BCUT2D eigenvalue weighted by atomic mass is 16.6. The van der Waals surface area contributed by atoms with Crippen LogP contribution in [0.1, 0.15) is 90.8 Å². The lowest BCUT2D eigenvalue weighted by Crippen LogP contribution is -2.23. The van der Waals surface area contributed by atoms with Gasteiger partial charge >= 0.3 is 11.9 Å². The molecule has 1 atom stereocenters. The van der Waals surface area contributed by atoms with Crippen LogP contribution in [0, 0.1) is 5.41 Å². The zero-order chi connectivity index (χ0) is 25.9. The quantitative estimate of drug-likeness (QED) is 0.287. The van der Waals surface area contributed by atoms with E-state index < -0.39 is 11.9 Å². The minimum atomic E-state index is -0.450. The molecule has 0 bridgehead atoms. The van der Waals surface area contributed by atoms with Gasteiger partial charge < -0.3 is 23.7 Å². The summed E-state index contributed by atoms with van der Waals surface area (Å²) in [4.78, 5) is 34.9. The first-order chi connectivity index (χ1) is 15.8. The zero-order valence-corrected chi connectivity index (χ0v) is 22.1. The van der Waals surface area contributed by atoms with Crippen molar-refractivity contribution in [1.29, 1.82) is 0 Å². The third-order valence-corrected chi connectivity index (χ3v) is 5.47. The Kier molecular flexibility index (Phi) is 11.7. The van der Waals surface area contributed by atoms with Crippen molar-refractivity contribution in [2.45, 2.75) is 86.2 Å². The number of carbonyl (C=O) groups excluding carboxylic acids is 3. The second-order valence-electron chi connectivity index (χ2n) is 10.4. The standard InChI is InChI=1S/C27H42O7/c1-9-32-24(29)17-31-16-19-14-23(34-18-25(30)33-10-2)20(15-22(19)27(6,7)8)21(12-11-13-28)26(3,4)5/h13-15,21H,9-12,16-18H2,1-8H3. The van der Waals surface area contributed by atoms with Crippen LogP contribution >= 0.6 is 0 Å². The van der Waals surface area contributed by atoms with E-state index in [2.05, 4.69) is 47.6 Å². The SMILES string of the molecule is CCOC(=O)COCc1cc(OCC(=O)OCC)c(C(CCC=O)C(C)(C)C)cc1C(C)(C)C. The predicted molar refractivity (Wildman–Crippen MR) is 131 cm³/mol. The lowest BCUT2D eigenvalue weighted by molar-refractivity contribution is -0.149. The highest BCUT2D eigenvalue weighted by Crippen LogP contribution is 2.45. The third-order valence-electron chi connectivity index (χ3n) is 5.47. The smallest absolute Gasteiger partial charge is 0.344 e. The van der Waals surface area contributed by atoms with Gasteiger partial charge in [0.1, 0.15) is 18.6 Å². The van der Waals surface area contributed by atoms with Crippen molar-refractivity contribution in [2.75, 3.05) is 26.4 Å². The average Bonchev–Trinajstić information content (AvgIpc) is 2.72. The monoisotopic (exact) mass is 478 g/mol. The molecule has 1 unspecified atom stereocenters. The van der Waals surface area contributed by atoms with Crippen molar-refractivity contribution in [3.8, 4) is 5.75 Å². The van der Waals surface area contributed by atoms with E-state index in [9.17, 15) is 14.4 Å². The molecular weight excluding hydrogens is 436 g/mol. The minimum absolute atomic E-state index is 0.0190. The number of hydrogen-bond donors (Lipinski definition) is 0. The second-order valence-corrected chi connectivity index (χ2v) is 10.4. The molecule has 0 radical (unpaired) electrons. The van der Waals surface area contributed by atoms with Gasteiger partial charge in [-0.15, -0.1) is 0 Å². The normalized spacial score (nSPS) is 12.7. The molecule has 0 saturated carbocycles. The maximum Gasteiger partial charge on any atom is 0.344 e. The largest absolute Gasteiger partial charge is 0.482 e. The molecule has 1 aromatic carbocycles. The summed E-state index contributed by atoms with van der Waals surface area (Å²) in [5, 5.41) is 0. The number of esters is 2. The van der Waals surface area contributed by atoms with Gasteiger partial charge in [-0.05, 0) is 59.8 Å². The molecule has 0 spiro atoms. The van der Waals surface area contributed by atoms with Gasteiger partial charge in [0.2, 0.25) is 0 Å². The van der Waals surface area contributed by atoms with E-state index in [-0.39, 0.29) is 43.2 Å². The van der Waals surface area contributed by atoms with E-state index in [1.807, 2.05) is 6.07 Å². The zero-order valence-electron chi connectivity index (χ0n) is 22.1. The fourth-order valence-electron chi connectivity index (χ4n) is 3.93. The summed E-state index contributed by atoms with van der Waals surface area (Å²) in [6.07, 6.45) is 2.01. The van der Waals surface area contributed by atoms with Gasteiger partial charge in [-0.25, -0.2) is 9.59 Å². The van der Waals surface area contributed by atoms with Crippen molar-refractivity contribution in [1.82, 2.24) is 0 Å². The average molecular weight is 479 g/mol. The first kappa shape index (κ1) is 29.6. The molecule has 1 rings (SSSR count). The Morgan fingerprint density at radius 3 is 2.03 bits per heavy atom. The summed E-state index contributed by atoms with van der Waals surface area (Å²) in [5.74, 6) is -0.294. The van der Waals surface area contributed by atoms with E-state index in [1.54, 1.807) is 13.8 Å². The number of ether oxygens (including phenoxy) is 4. The number of rotatable bonds is 13. The highest BCUT2D eigenvalue weighted by molar-refractivity contribution is 5.71. The van der Waals surface area contributed by atoms with Gasteiger partial charge in [-0.1, -0.05) is 47.6 Å². The van der Waals surface area contributed by atoms with Gasteiger partial charge in [0, 0.05) is 6.42 Å². The molecule has 0 aliphatic carbocycles. The maximum atomic E-state index is 12.0. The van der Waals surface area contributed by atoms with Crippen molar-refractivity contribution in [2.24, 2.45) is 5.41 Å². The maximum absolute atomic E-state index is 12.0. The van der Waals surface area contributed by atoms with Crippen LogP contribution in [-0.4, -0.2) is 44.7 Å². The molecule has 0 aromatic heterocycles. The van der Waals surface area contributed by atoms with Gasteiger partial charge in [0.25, 0.3) is 0 Å². The lowest BCUT2D eigenvalue weighted by Gasteiger charge is -2.34. The fraction of sp³-hybridized carbons (Fsp3) is 0.667. The van der Waals surface area contributed by atoms with Crippen LogP contribution in [0.25, 0.3) is 0 Å². The van der Waals surface area contributed by atoms with Crippen LogP contribution in [0.4, 0.5) is 0 Å². The Labute approximate surface area is 204 Å². The second kappa shape index (κ2) is 13.5. The van der Waals surface area contributed by atoms with Crippen LogP contribution in [0.15, 0.2) is 12.1 Å². The van der Waals surface area contributed by atoms with E-state index in [4.69, 9.17) is 18.9 Å². The Balaban J connectivity index is 3.51. The molecule has 1 aromatic rings. The Bertz CT molecular complexity index is 815. The molecule has 34 heavy (non-hydrogen) atoms. The van der Waals surface area contributed by atoms with Gasteiger partial charge in [0.05, 0.1) is 19.8 Å². The molecule has 0 amide bonds. The topological polar surface area (TPSA) is 88.1 Å². The Morgan fingerprint density at radius 2 is 1.53 bits per heavy atom. The van der Waals surface area contributed by atoms with Crippen molar-refractivity contribution in [3.05, 3.63) is 28.8 Å². The summed E-state index contributed by atoms with van der Waals surface area (Å²) < 4.78 is 21.6. The number of aldehydes is 1. The van der Waals surface area contributed by atoms with Gasteiger partial charge in [-0.3, -0.25) is 0 Å². The first-order valence-corrected chi connectivity index (χ1v) is 12.0. The summed E-state index contributed by atoms with van der Waals surface area (Å²) in [7, 11) is 0. The fourth-order valence-corrected chi connectivity index (χ4v) is 3.93. The minimum Gasteiger partial charge on any atom is -0.482 e. The highest BCUT2D eigenvalue weighted by Gasteiger charge is 2.31. The van der Waals surface area contributed by atoms with Gasteiger partial charge in [-0.2, -0.15) is 0 Å². The molecule has 0 saturated heterocycles. The van der Waals surface area contributed by atoms with E-state index >= 15 is 0 Å². The first-order valence-electron chi connectivity index (χ1n) is 12.0. The van der Waals surface area contributed by atoms with Crippen LogP contribution < -0.4 is 4.74 Å². The molecule has 0 heterocycles. The number of carbonyl (C=O) groups is 3. The Hall–Kier alpha value is -2.41. The summed E-state index contributed by atoms with van der Waals surface area (Å²) >= 11 is 0. The lowest BCUT2D eigenvalue weighted by atomic mass is 9.72. The molecule has 0 fully saturated rings. The van der Waals surface area contributed by atoms with Crippen molar-refractivity contribution >= 4 is 18.2 Å². The van der Waals surface area contributed by atoms with E-state index in [0.29, 0.717) is 25.2 Å². The summed E-state index contributed by atoms with van der Waals surface area (Å²) in [6, 6.07) is 3.99. The van der Waals surface area contributed by atoms with E-state index in [0.717, 1.165) is 23.0 Å². The van der Waals surface area contributed by atoms with Crippen molar-refractivity contribution in [3.63, 3.8) is 0 Å². The van der Waals surface area contributed by atoms with Crippen LogP contribution in [0.2, 0.25) is 0 Å². The predicted octanol–water partition coefficient (Wildman–Crippen LogP) is 5.11. The summed E-state index contributed by atoms with van der Waals surface area (Å²) in [6.45, 7) is 16.6. The third kappa shape index (κ3) is 9.45. The molecule has 0 aliphatic rings. The molecular formula is C27H42O7. The van der Waals surface area contributed by atoms with Crippen molar-refractivity contribution < 1.29 is 33.3 Å². The molecule has 7 nitrogen and oxygen atoms in total.